The zero-order valence-electron chi connectivity index (χ0n) is 18.6. The van der Waals surface area contributed by atoms with Gasteiger partial charge in [-0.25, -0.2) is 4.79 Å². The molecule has 0 N–H and O–H groups in total. The minimum absolute atomic E-state index is 0.0554. The summed E-state index contributed by atoms with van der Waals surface area (Å²) < 4.78 is 45.0. The van der Waals surface area contributed by atoms with Crippen LogP contribution in [0.2, 0.25) is 0 Å². The lowest BCUT2D eigenvalue weighted by atomic mass is 9.83. The number of ketones is 1. The van der Waals surface area contributed by atoms with E-state index in [-0.39, 0.29) is 23.5 Å². The first kappa shape index (κ1) is 24.0. The van der Waals surface area contributed by atoms with Crippen LogP contribution < -0.4 is 4.90 Å². The third-order valence-corrected chi connectivity index (χ3v) is 6.04. The number of benzene rings is 2. The number of amides is 2. The number of esters is 1. The van der Waals surface area contributed by atoms with Gasteiger partial charge in [-0.1, -0.05) is 18.2 Å². The number of carbonyl (C=O) groups is 3. The Hall–Kier alpha value is -4.13. The fraction of sp³-hybridized carbons (Fsp3) is 0.280. The molecule has 0 saturated carbocycles. The predicted octanol–water partition coefficient (Wildman–Crippen LogP) is 4.74. The molecule has 2 aliphatic rings. The molecular formula is C25H20F3N3O4. The van der Waals surface area contributed by atoms with Crippen molar-refractivity contribution in [3.63, 3.8) is 0 Å². The summed E-state index contributed by atoms with van der Waals surface area (Å²) in [6.45, 7) is -0.528. The van der Waals surface area contributed by atoms with E-state index >= 15 is 0 Å². The van der Waals surface area contributed by atoms with Crippen LogP contribution in [-0.4, -0.2) is 36.3 Å². The predicted molar refractivity (Wildman–Crippen MR) is 118 cm³/mol. The van der Waals surface area contributed by atoms with Gasteiger partial charge in [0.25, 0.3) is 0 Å². The Kier molecular flexibility index (Phi) is 6.35. The highest BCUT2D eigenvalue weighted by atomic mass is 19.4. The molecule has 1 heterocycles. The third-order valence-electron chi connectivity index (χ3n) is 6.04. The molecule has 1 aliphatic carbocycles. The molecule has 1 aliphatic heterocycles. The van der Waals surface area contributed by atoms with Crippen LogP contribution in [0.15, 0.2) is 59.8 Å². The minimum Gasteiger partial charge on any atom is -0.468 e. The number of anilines is 1. The molecule has 1 atom stereocenters. The van der Waals surface area contributed by atoms with Gasteiger partial charge in [0.15, 0.2) is 5.78 Å². The van der Waals surface area contributed by atoms with Crippen molar-refractivity contribution in [1.82, 2.24) is 4.90 Å². The van der Waals surface area contributed by atoms with Crippen LogP contribution in [0.25, 0.3) is 0 Å². The molecule has 180 valence electrons. The van der Waals surface area contributed by atoms with E-state index in [1.807, 2.05) is 6.07 Å². The van der Waals surface area contributed by atoms with Gasteiger partial charge in [0, 0.05) is 17.7 Å². The molecule has 0 spiro atoms. The van der Waals surface area contributed by atoms with Crippen LogP contribution in [0.4, 0.5) is 23.7 Å². The summed E-state index contributed by atoms with van der Waals surface area (Å²) in [6.07, 6.45) is -3.72. The summed E-state index contributed by atoms with van der Waals surface area (Å²) in [5.41, 5.74) is 0.404. The van der Waals surface area contributed by atoms with Crippen molar-refractivity contribution >= 4 is 23.5 Å². The molecule has 2 aromatic rings. The Morgan fingerprint density at radius 2 is 1.86 bits per heavy atom. The number of ether oxygens (including phenoxy) is 1. The maximum atomic E-state index is 13.8. The normalized spacial score (nSPS) is 18.3. The number of rotatable bonds is 4. The van der Waals surface area contributed by atoms with E-state index in [0.29, 0.717) is 29.7 Å². The molecule has 0 radical (unpaired) electrons. The molecule has 0 bridgehead atoms. The summed E-state index contributed by atoms with van der Waals surface area (Å²) in [6, 6.07) is 10.8. The molecule has 7 nitrogen and oxygen atoms in total. The highest BCUT2D eigenvalue weighted by Gasteiger charge is 2.45. The number of alkyl halides is 3. The van der Waals surface area contributed by atoms with Crippen molar-refractivity contribution in [2.24, 2.45) is 0 Å². The summed E-state index contributed by atoms with van der Waals surface area (Å²) in [5, 5.41) is 9.13. The molecule has 35 heavy (non-hydrogen) atoms. The Labute approximate surface area is 199 Å². The Bertz CT molecular complexity index is 1260. The number of nitrogens with zero attached hydrogens (tertiary/aromatic N) is 3. The van der Waals surface area contributed by atoms with Crippen LogP contribution in [0, 0.1) is 11.3 Å². The quantitative estimate of drug-likeness (QED) is 0.586. The fourth-order valence-electron chi connectivity index (χ4n) is 4.44. The summed E-state index contributed by atoms with van der Waals surface area (Å²) in [4.78, 5) is 41.4. The molecule has 10 heteroatoms. The van der Waals surface area contributed by atoms with E-state index in [2.05, 4.69) is 0 Å². The fourth-order valence-corrected chi connectivity index (χ4v) is 4.44. The van der Waals surface area contributed by atoms with Crippen molar-refractivity contribution in [2.45, 2.75) is 31.5 Å². The lowest BCUT2D eigenvalue weighted by molar-refractivity contribution is -0.141. The van der Waals surface area contributed by atoms with Crippen molar-refractivity contribution in [1.29, 1.82) is 5.26 Å². The van der Waals surface area contributed by atoms with Gasteiger partial charge in [-0.15, -0.1) is 0 Å². The SMILES string of the molecule is COC(=O)CN1C(=O)N(c2cccc(C(F)(F)F)c2)C2=C(C(=O)CCC2)[C@H]1c1ccc(C#N)cc1. The molecule has 2 amide bonds. The standard InChI is InChI=1S/C25H20F3N3O4/c1-35-21(33)14-30-23(16-10-8-15(13-29)9-11-16)22-19(6-3-7-20(22)32)31(24(30)34)18-5-2-4-17(12-18)25(26,27)28/h2,4-5,8-12,23H,3,6-7,14H2,1H3/t23-/m1/s1. The second-order valence-corrected chi connectivity index (χ2v) is 8.14. The second kappa shape index (κ2) is 9.25. The highest BCUT2D eigenvalue weighted by molar-refractivity contribution is 6.07. The molecule has 0 fully saturated rings. The van der Waals surface area contributed by atoms with E-state index in [0.717, 1.165) is 29.0 Å². The molecule has 0 saturated heterocycles. The lowest BCUT2D eigenvalue weighted by Crippen LogP contribution is -2.53. The number of carbonyl (C=O) groups excluding carboxylic acids is 3. The smallest absolute Gasteiger partial charge is 0.416 e. The third kappa shape index (κ3) is 4.49. The number of allylic oxidation sites excluding steroid dienone is 1. The monoisotopic (exact) mass is 483 g/mol. The van der Waals surface area contributed by atoms with Gasteiger partial charge >= 0.3 is 18.2 Å². The first-order valence-electron chi connectivity index (χ1n) is 10.8. The van der Waals surface area contributed by atoms with Gasteiger partial charge in [0.05, 0.1) is 36.0 Å². The van der Waals surface area contributed by atoms with E-state index in [1.54, 1.807) is 12.1 Å². The number of urea groups is 1. The number of Topliss-reactive ketones (excluding diaryl/α,β-unsaturated/α-hetero) is 1. The van der Waals surface area contributed by atoms with Crippen molar-refractivity contribution < 1.29 is 32.3 Å². The van der Waals surface area contributed by atoms with E-state index in [1.165, 1.54) is 24.3 Å². The van der Waals surface area contributed by atoms with Gasteiger partial charge in [0.1, 0.15) is 6.54 Å². The van der Waals surface area contributed by atoms with Gasteiger partial charge in [-0.3, -0.25) is 14.5 Å². The van der Waals surface area contributed by atoms with Gasteiger partial charge in [0.2, 0.25) is 0 Å². The zero-order valence-corrected chi connectivity index (χ0v) is 18.6. The van der Waals surface area contributed by atoms with E-state index < -0.39 is 36.3 Å². The number of nitriles is 1. The maximum absolute atomic E-state index is 13.8. The summed E-state index contributed by atoms with van der Waals surface area (Å²) in [5.74, 6) is -1.02. The van der Waals surface area contributed by atoms with Crippen LogP contribution in [-0.2, 0) is 20.5 Å². The van der Waals surface area contributed by atoms with Crippen LogP contribution in [0.5, 0.6) is 0 Å². The second-order valence-electron chi connectivity index (χ2n) is 8.14. The molecule has 4 rings (SSSR count). The Balaban J connectivity index is 1.93. The number of halogens is 3. The van der Waals surface area contributed by atoms with Crippen LogP contribution in [0.3, 0.4) is 0 Å². The highest BCUT2D eigenvalue weighted by Crippen LogP contribution is 2.44. The topological polar surface area (TPSA) is 90.7 Å². The van der Waals surface area contributed by atoms with Crippen LogP contribution >= 0.6 is 0 Å². The van der Waals surface area contributed by atoms with E-state index in [9.17, 15) is 27.6 Å². The Morgan fingerprint density at radius 1 is 1.14 bits per heavy atom. The molecule has 0 unspecified atom stereocenters. The number of hydrogen-bond donors (Lipinski definition) is 0. The zero-order chi connectivity index (χ0) is 25.3. The van der Waals surface area contributed by atoms with Crippen molar-refractivity contribution in [3.05, 3.63) is 76.5 Å². The van der Waals surface area contributed by atoms with Crippen LogP contribution in [0.1, 0.15) is 42.0 Å². The van der Waals surface area contributed by atoms with Gasteiger partial charge in [-0.2, -0.15) is 18.4 Å². The average molecular weight is 483 g/mol. The summed E-state index contributed by atoms with van der Waals surface area (Å²) in [7, 11) is 1.15. The van der Waals surface area contributed by atoms with Gasteiger partial charge < -0.3 is 9.64 Å². The Morgan fingerprint density at radius 3 is 2.49 bits per heavy atom. The summed E-state index contributed by atoms with van der Waals surface area (Å²) >= 11 is 0. The minimum atomic E-state index is -4.63. The number of hydrogen-bond acceptors (Lipinski definition) is 5. The van der Waals surface area contributed by atoms with Crippen molar-refractivity contribution in [3.8, 4) is 6.07 Å². The van der Waals surface area contributed by atoms with Crippen molar-refractivity contribution in [2.75, 3.05) is 18.6 Å². The van der Waals surface area contributed by atoms with Gasteiger partial charge in [-0.05, 0) is 48.7 Å². The first-order valence-corrected chi connectivity index (χ1v) is 10.8. The average Bonchev–Trinajstić information content (AvgIpc) is 2.84. The molecule has 2 aromatic carbocycles. The van der Waals surface area contributed by atoms with E-state index in [4.69, 9.17) is 10.00 Å². The molecule has 0 aromatic heterocycles. The largest absolute Gasteiger partial charge is 0.468 e. The maximum Gasteiger partial charge on any atom is 0.416 e. The first-order chi connectivity index (χ1) is 16.7. The lowest BCUT2D eigenvalue weighted by Gasteiger charge is -2.45. The molecular weight excluding hydrogens is 463 g/mol. The number of methoxy groups -OCH3 is 1.